The van der Waals surface area contributed by atoms with Crippen molar-refractivity contribution in [2.45, 2.75) is 19.3 Å². The number of nitrogen functional groups attached to an aromatic ring is 1. The third kappa shape index (κ3) is 2.55. The predicted octanol–water partition coefficient (Wildman–Crippen LogP) is 4.54. The van der Waals surface area contributed by atoms with Gasteiger partial charge in [0.05, 0.1) is 10.2 Å². The van der Waals surface area contributed by atoms with Crippen molar-refractivity contribution in [1.82, 2.24) is 4.98 Å². The molecule has 4 heteroatoms. The van der Waals surface area contributed by atoms with Crippen molar-refractivity contribution in [2.24, 2.45) is 0 Å². The second-order valence-electron chi connectivity index (χ2n) is 5.83. The molecule has 0 atom stereocenters. The van der Waals surface area contributed by atoms with Crippen LogP contribution in [0.2, 0.25) is 0 Å². The maximum absolute atomic E-state index is 5.78. The quantitative estimate of drug-likeness (QED) is 0.756. The summed E-state index contributed by atoms with van der Waals surface area (Å²) in [5, 5.41) is 0.632. The van der Waals surface area contributed by atoms with Crippen LogP contribution >= 0.6 is 11.3 Å². The summed E-state index contributed by atoms with van der Waals surface area (Å²) >= 11 is 1.55. The van der Waals surface area contributed by atoms with Crippen molar-refractivity contribution in [3.05, 3.63) is 42.5 Å². The molecule has 0 radical (unpaired) electrons. The Morgan fingerprint density at radius 3 is 2.41 bits per heavy atom. The predicted molar refractivity (Wildman–Crippen MR) is 95.5 cm³/mol. The highest BCUT2D eigenvalue weighted by atomic mass is 32.1. The minimum absolute atomic E-state index is 0.632. The fourth-order valence-corrected chi connectivity index (χ4v) is 3.91. The summed E-state index contributed by atoms with van der Waals surface area (Å²) in [5.74, 6) is 0. The third-order valence-corrected chi connectivity index (χ3v) is 5.17. The van der Waals surface area contributed by atoms with Crippen LogP contribution in [0.3, 0.4) is 0 Å². The van der Waals surface area contributed by atoms with Crippen molar-refractivity contribution in [1.29, 1.82) is 0 Å². The number of fused-ring (bicyclic) bond motifs is 1. The molecule has 0 saturated carbocycles. The zero-order valence-electron chi connectivity index (χ0n) is 12.5. The zero-order valence-corrected chi connectivity index (χ0v) is 13.3. The van der Waals surface area contributed by atoms with Crippen molar-refractivity contribution in [3.8, 4) is 11.1 Å². The number of nitrogens with zero attached hydrogens (tertiary/aromatic N) is 2. The van der Waals surface area contributed by atoms with Crippen molar-refractivity contribution < 1.29 is 0 Å². The van der Waals surface area contributed by atoms with E-state index in [9.17, 15) is 0 Å². The van der Waals surface area contributed by atoms with Gasteiger partial charge in [-0.05, 0) is 54.7 Å². The first-order chi connectivity index (χ1) is 10.8. The van der Waals surface area contributed by atoms with Gasteiger partial charge < -0.3 is 10.6 Å². The summed E-state index contributed by atoms with van der Waals surface area (Å²) in [6, 6.07) is 15.3. The van der Waals surface area contributed by atoms with Gasteiger partial charge in [0.25, 0.3) is 0 Å². The van der Waals surface area contributed by atoms with Gasteiger partial charge in [-0.25, -0.2) is 4.98 Å². The van der Waals surface area contributed by atoms with Crippen molar-refractivity contribution in [2.75, 3.05) is 23.7 Å². The maximum Gasteiger partial charge on any atom is 0.181 e. The number of benzene rings is 2. The molecule has 0 amide bonds. The first-order valence-electron chi connectivity index (χ1n) is 7.81. The highest BCUT2D eigenvalue weighted by molar-refractivity contribution is 7.22. The Balaban J connectivity index is 1.63. The van der Waals surface area contributed by atoms with E-state index < -0.39 is 0 Å². The number of thiazole rings is 1. The summed E-state index contributed by atoms with van der Waals surface area (Å²) in [5.41, 5.74) is 10.6. The summed E-state index contributed by atoms with van der Waals surface area (Å²) in [6.07, 6.45) is 3.99. The number of piperidine rings is 1. The highest BCUT2D eigenvalue weighted by Crippen LogP contribution is 2.30. The number of rotatable bonds is 2. The van der Waals surface area contributed by atoms with Gasteiger partial charge in [0.15, 0.2) is 5.13 Å². The lowest BCUT2D eigenvalue weighted by atomic mass is 10.0. The van der Waals surface area contributed by atoms with Crippen LogP contribution in [0.25, 0.3) is 21.3 Å². The summed E-state index contributed by atoms with van der Waals surface area (Å²) < 4.78 is 1.15. The van der Waals surface area contributed by atoms with Gasteiger partial charge in [-0.1, -0.05) is 29.5 Å². The van der Waals surface area contributed by atoms with E-state index in [1.807, 2.05) is 0 Å². The van der Waals surface area contributed by atoms with E-state index in [1.165, 1.54) is 49.2 Å². The molecule has 1 fully saturated rings. The van der Waals surface area contributed by atoms with Gasteiger partial charge >= 0.3 is 0 Å². The van der Waals surface area contributed by atoms with Crippen LogP contribution in [0.5, 0.6) is 0 Å². The third-order valence-electron chi connectivity index (χ3n) is 4.33. The molecule has 2 heterocycles. The lowest BCUT2D eigenvalue weighted by Crippen LogP contribution is -2.29. The first kappa shape index (κ1) is 13.6. The van der Waals surface area contributed by atoms with E-state index in [0.29, 0.717) is 5.13 Å². The fraction of sp³-hybridized carbons (Fsp3) is 0.278. The van der Waals surface area contributed by atoms with Crippen LogP contribution in [0.1, 0.15) is 19.3 Å². The van der Waals surface area contributed by atoms with E-state index in [4.69, 9.17) is 5.73 Å². The summed E-state index contributed by atoms with van der Waals surface area (Å²) in [4.78, 5) is 6.80. The molecule has 2 aromatic carbocycles. The van der Waals surface area contributed by atoms with Crippen LogP contribution in [0.15, 0.2) is 42.5 Å². The Kier molecular flexibility index (Phi) is 3.47. The van der Waals surface area contributed by atoms with Crippen LogP contribution < -0.4 is 10.6 Å². The van der Waals surface area contributed by atoms with Crippen LogP contribution in [-0.4, -0.2) is 18.1 Å². The Hall–Kier alpha value is -2.07. The van der Waals surface area contributed by atoms with E-state index in [2.05, 4.69) is 52.3 Å². The number of anilines is 2. The van der Waals surface area contributed by atoms with Gasteiger partial charge in [-0.3, -0.25) is 0 Å². The van der Waals surface area contributed by atoms with E-state index in [-0.39, 0.29) is 0 Å². The first-order valence-corrected chi connectivity index (χ1v) is 8.63. The van der Waals surface area contributed by atoms with E-state index >= 15 is 0 Å². The minimum Gasteiger partial charge on any atom is -0.375 e. The van der Waals surface area contributed by atoms with Gasteiger partial charge in [0.1, 0.15) is 0 Å². The molecule has 112 valence electrons. The maximum atomic E-state index is 5.78. The van der Waals surface area contributed by atoms with Gasteiger partial charge in [0, 0.05) is 18.8 Å². The smallest absolute Gasteiger partial charge is 0.181 e. The van der Waals surface area contributed by atoms with Crippen molar-refractivity contribution >= 4 is 32.4 Å². The SMILES string of the molecule is Nc1nc2ccc(-c3ccc(N4CCCCC4)cc3)cc2s1. The molecule has 4 rings (SSSR count). The normalized spacial score (nSPS) is 15.4. The fourth-order valence-electron chi connectivity index (χ4n) is 3.14. The second-order valence-corrected chi connectivity index (χ2v) is 6.89. The Morgan fingerprint density at radius 1 is 0.909 bits per heavy atom. The molecule has 1 aromatic heterocycles. The van der Waals surface area contributed by atoms with Crippen LogP contribution in [0, 0.1) is 0 Å². The standard InChI is InChI=1S/C18H19N3S/c19-18-20-16-9-6-14(12-17(16)22-18)13-4-7-15(8-5-13)21-10-2-1-3-11-21/h4-9,12H,1-3,10-11H2,(H2,19,20). The number of aromatic nitrogens is 1. The number of nitrogens with two attached hydrogens (primary N) is 1. The molecule has 0 bridgehead atoms. The van der Waals surface area contributed by atoms with E-state index in [1.54, 1.807) is 11.3 Å². The average Bonchev–Trinajstić information content (AvgIpc) is 2.95. The van der Waals surface area contributed by atoms with E-state index in [0.717, 1.165) is 10.2 Å². The lowest BCUT2D eigenvalue weighted by Gasteiger charge is -2.28. The van der Waals surface area contributed by atoms with Gasteiger partial charge in [0.2, 0.25) is 0 Å². The Bertz CT molecular complexity index is 786. The second kappa shape index (κ2) is 5.61. The average molecular weight is 309 g/mol. The molecule has 1 saturated heterocycles. The molecule has 2 N–H and O–H groups in total. The molecule has 22 heavy (non-hydrogen) atoms. The number of hydrogen-bond acceptors (Lipinski definition) is 4. The van der Waals surface area contributed by atoms with Crippen LogP contribution in [-0.2, 0) is 0 Å². The monoisotopic (exact) mass is 309 g/mol. The summed E-state index contributed by atoms with van der Waals surface area (Å²) in [7, 11) is 0. The largest absolute Gasteiger partial charge is 0.375 e. The highest BCUT2D eigenvalue weighted by Gasteiger charge is 2.11. The molecule has 1 aliphatic rings. The molecule has 0 spiro atoms. The zero-order chi connectivity index (χ0) is 14.9. The molecule has 0 unspecified atom stereocenters. The molecule has 1 aliphatic heterocycles. The molecular weight excluding hydrogens is 290 g/mol. The minimum atomic E-state index is 0.632. The Labute approximate surface area is 134 Å². The lowest BCUT2D eigenvalue weighted by molar-refractivity contribution is 0.578. The molecule has 0 aliphatic carbocycles. The number of hydrogen-bond donors (Lipinski definition) is 1. The topological polar surface area (TPSA) is 42.1 Å². The van der Waals surface area contributed by atoms with Crippen molar-refractivity contribution in [3.63, 3.8) is 0 Å². The molecule has 3 nitrogen and oxygen atoms in total. The molecular formula is C18H19N3S. The Morgan fingerprint density at radius 2 is 1.64 bits per heavy atom. The van der Waals surface area contributed by atoms with Gasteiger partial charge in [-0.2, -0.15) is 0 Å². The van der Waals surface area contributed by atoms with Crippen LogP contribution in [0.4, 0.5) is 10.8 Å². The molecule has 3 aromatic rings. The van der Waals surface area contributed by atoms with Gasteiger partial charge in [-0.15, -0.1) is 0 Å². The summed E-state index contributed by atoms with van der Waals surface area (Å²) in [6.45, 7) is 2.37.